The molecule has 0 amide bonds. The Balaban J connectivity index is 0.000000247. The van der Waals surface area contributed by atoms with Gasteiger partial charge in [-0.15, -0.1) is 0 Å². The predicted octanol–water partition coefficient (Wildman–Crippen LogP) is 4.88. The van der Waals surface area contributed by atoms with E-state index in [9.17, 15) is 0 Å². The molecule has 4 aliphatic rings. The number of nitrogens with two attached hydrogens (primary N) is 1. The normalized spacial score (nSPS) is 26.4. The zero-order chi connectivity index (χ0) is 34.7. The Kier molecular flexibility index (Phi) is 17.4. The van der Waals surface area contributed by atoms with Crippen LogP contribution in [0.3, 0.4) is 0 Å². The highest BCUT2D eigenvalue weighted by Crippen LogP contribution is 2.34. The van der Waals surface area contributed by atoms with E-state index in [0.717, 1.165) is 38.4 Å². The van der Waals surface area contributed by atoms with E-state index in [-0.39, 0.29) is 0 Å². The van der Waals surface area contributed by atoms with Crippen molar-refractivity contribution < 1.29 is 4.74 Å². The fourth-order valence-electron chi connectivity index (χ4n) is 7.24. The molecule has 46 heavy (non-hydrogen) atoms. The van der Waals surface area contributed by atoms with E-state index in [1.807, 2.05) is 0 Å². The van der Waals surface area contributed by atoms with Gasteiger partial charge in [0, 0.05) is 56.9 Å². The van der Waals surface area contributed by atoms with Crippen LogP contribution >= 0.6 is 0 Å². The van der Waals surface area contributed by atoms with Crippen molar-refractivity contribution >= 4 is 0 Å². The molecule has 4 fully saturated rings. The molecule has 0 aromatic rings. The van der Waals surface area contributed by atoms with Gasteiger partial charge in [0.1, 0.15) is 0 Å². The first-order chi connectivity index (χ1) is 21.4. The Morgan fingerprint density at radius 1 is 0.674 bits per heavy atom. The third kappa shape index (κ3) is 14.3. The van der Waals surface area contributed by atoms with Gasteiger partial charge in [0.25, 0.3) is 0 Å². The number of hydrogen-bond acceptors (Lipinski definition) is 8. The number of likely N-dealkylation sites (N-methyl/N-ethyl adjacent to an activating group) is 2. The molecule has 4 aliphatic heterocycles. The molecule has 0 bridgehead atoms. The van der Waals surface area contributed by atoms with Crippen LogP contribution in [0.15, 0.2) is 0 Å². The van der Waals surface area contributed by atoms with Crippen molar-refractivity contribution in [3.05, 3.63) is 0 Å². The summed E-state index contributed by atoms with van der Waals surface area (Å²) in [5.74, 6) is 0. The van der Waals surface area contributed by atoms with Gasteiger partial charge in [0.05, 0.1) is 13.2 Å². The molecule has 4 heterocycles. The van der Waals surface area contributed by atoms with Gasteiger partial charge in [-0.25, -0.2) is 0 Å². The molecule has 274 valence electrons. The minimum absolute atomic E-state index is 0.393. The standard InChI is InChI=1S/C15H31N3.C14H30N2O.C9H20N2/c1-13(2)18-8-6-15(3,7-9-18)12-17-10-14(11-17)16(4)5;1-13(2)16-8-6-14(3,7-9-16)12-17-11-10-15(4)5;1-8(2)11-5-4-9(3,6-10)7-11/h13-14H,6-12H2,1-5H3;13H,6-12H2,1-5H3;8H,4-7,10H2,1-3H3. The van der Waals surface area contributed by atoms with E-state index in [0.29, 0.717) is 28.3 Å². The van der Waals surface area contributed by atoms with Crippen molar-refractivity contribution in [1.82, 2.24) is 29.4 Å². The SMILES string of the molecule is CC(C)N1CCC(C)(CN)C1.CC(C)N1CCC(C)(CN2CC(N(C)C)C2)CC1.CC(C)N1CCC(C)(COCCN(C)C)CC1. The summed E-state index contributed by atoms with van der Waals surface area (Å²) in [6.45, 7) is 35.8. The fraction of sp³-hybridized carbons (Fsp3) is 1.00. The summed E-state index contributed by atoms with van der Waals surface area (Å²) in [5, 5.41) is 0. The molecular weight excluding hydrogens is 570 g/mol. The van der Waals surface area contributed by atoms with Crippen molar-refractivity contribution in [3.8, 4) is 0 Å². The number of rotatable bonds is 12. The molecule has 1 atom stereocenters. The summed E-state index contributed by atoms with van der Waals surface area (Å²) in [5.41, 5.74) is 7.06. The zero-order valence-electron chi connectivity index (χ0n) is 33.2. The Morgan fingerprint density at radius 2 is 1.11 bits per heavy atom. The lowest BCUT2D eigenvalue weighted by Gasteiger charge is -2.49. The smallest absolute Gasteiger partial charge is 0.0593 e. The summed E-state index contributed by atoms with van der Waals surface area (Å²) in [6.07, 6.45) is 6.55. The van der Waals surface area contributed by atoms with Gasteiger partial charge < -0.3 is 35.0 Å². The van der Waals surface area contributed by atoms with E-state index >= 15 is 0 Å². The summed E-state index contributed by atoms with van der Waals surface area (Å²) in [4.78, 5) is 14.9. The lowest BCUT2D eigenvalue weighted by Crippen LogP contribution is -2.60. The molecule has 0 aromatic heterocycles. The molecule has 1 unspecified atom stereocenters. The molecule has 0 aromatic carbocycles. The molecule has 8 nitrogen and oxygen atoms in total. The molecule has 0 aliphatic carbocycles. The van der Waals surface area contributed by atoms with Gasteiger partial charge in [-0.1, -0.05) is 20.8 Å². The largest absolute Gasteiger partial charge is 0.380 e. The first kappa shape index (κ1) is 41.8. The van der Waals surface area contributed by atoms with Gasteiger partial charge in [-0.05, 0) is 157 Å². The maximum atomic E-state index is 5.82. The highest BCUT2D eigenvalue weighted by atomic mass is 16.5. The monoisotopic (exact) mass is 652 g/mol. The number of piperidine rings is 2. The Morgan fingerprint density at radius 3 is 1.48 bits per heavy atom. The molecule has 4 rings (SSSR count). The number of nitrogens with zero attached hydrogens (tertiary/aromatic N) is 6. The Labute approximate surface area is 287 Å². The second kappa shape index (κ2) is 19.2. The van der Waals surface area contributed by atoms with Gasteiger partial charge in [0.2, 0.25) is 0 Å². The van der Waals surface area contributed by atoms with Crippen molar-refractivity contribution in [3.63, 3.8) is 0 Å². The highest BCUT2D eigenvalue weighted by Gasteiger charge is 2.37. The second-order valence-electron chi connectivity index (χ2n) is 17.9. The summed E-state index contributed by atoms with van der Waals surface area (Å²) in [6, 6.07) is 2.89. The number of likely N-dealkylation sites (tertiary alicyclic amines) is 4. The van der Waals surface area contributed by atoms with Crippen molar-refractivity contribution in [1.29, 1.82) is 0 Å². The number of ether oxygens (including phenoxy) is 1. The Hall–Kier alpha value is -0.320. The van der Waals surface area contributed by atoms with Crippen LogP contribution < -0.4 is 5.73 Å². The van der Waals surface area contributed by atoms with Crippen LogP contribution in [0.2, 0.25) is 0 Å². The lowest BCUT2D eigenvalue weighted by molar-refractivity contribution is 0.00149. The van der Waals surface area contributed by atoms with Gasteiger partial charge in [0.15, 0.2) is 0 Å². The minimum Gasteiger partial charge on any atom is -0.380 e. The van der Waals surface area contributed by atoms with Gasteiger partial charge in [-0.2, -0.15) is 0 Å². The summed E-state index contributed by atoms with van der Waals surface area (Å²) in [7, 11) is 8.58. The van der Waals surface area contributed by atoms with E-state index in [4.69, 9.17) is 10.5 Å². The van der Waals surface area contributed by atoms with E-state index < -0.39 is 0 Å². The van der Waals surface area contributed by atoms with Crippen molar-refractivity contribution in [2.45, 2.75) is 119 Å². The minimum atomic E-state index is 0.393. The molecule has 0 saturated carbocycles. The topological polar surface area (TPSA) is 54.7 Å². The second-order valence-corrected chi connectivity index (χ2v) is 17.9. The van der Waals surface area contributed by atoms with Crippen LogP contribution in [0.25, 0.3) is 0 Å². The van der Waals surface area contributed by atoms with Crippen LogP contribution in [0.5, 0.6) is 0 Å². The summed E-state index contributed by atoms with van der Waals surface area (Å²) < 4.78 is 5.82. The van der Waals surface area contributed by atoms with Crippen molar-refractivity contribution in [2.75, 3.05) is 113 Å². The maximum Gasteiger partial charge on any atom is 0.0593 e. The van der Waals surface area contributed by atoms with E-state index in [1.54, 1.807) is 0 Å². The van der Waals surface area contributed by atoms with E-state index in [2.05, 4.69) is 120 Å². The van der Waals surface area contributed by atoms with Crippen molar-refractivity contribution in [2.24, 2.45) is 22.0 Å². The van der Waals surface area contributed by atoms with Gasteiger partial charge >= 0.3 is 0 Å². The van der Waals surface area contributed by atoms with Crippen LogP contribution in [-0.4, -0.2) is 167 Å². The van der Waals surface area contributed by atoms with E-state index in [1.165, 1.54) is 91.0 Å². The molecule has 4 saturated heterocycles. The molecule has 0 spiro atoms. The first-order valence-corrected chi connectivity index (χ1v) is 18.9. The highest BCUT2D eigenvalue weighted by molar-refractivity contribution is 4.92. The first-order valence-electron chi connectivity index (χ1n) is 18.9. The van der Waals surface area contributed by atoms with Gasteiger partial charge in [-0.3, -0.25) is 4.90 Å². The average Bonchev–Trinajstić information content (AvgIpc) is 3.37. The lowest BCUT2D eigenvalue weighted by atomic mass is 9.79. The van der Waals surface area contributed by atoms with Crippen LogP contribution in [-0.2, 0) is 4.74 Å². The average molecular weight is 652 g/mol. The van der Waals surface area contributed by atoms with Crippen LogP contribution in [0, 0.1) is 16.2 Å². The maximum absolute atomic E-state index is 5.82. The molecule has 8 heteroatoms. The quantitative estimate of drug-likeness (QED) is 0.300. The fourth-order valence-corrected chi connectivity index (χ4v) is 7.24. The Bertz CT molecular complexity index is 812. The van der Waals surface area contributed by atoms with Crippen LogP contribution in [0.1, 0.15) is 94.4 Å². The van der Waals surface area contributed by atoms with Crippen LogP contribution in [0.4, 0.5) is 0 Å². The third-order valence-electron chi connectivity index (χ3n) is 11.7. The molecule has 2 N–H and O–H groups in total. The summed E-state index contributed by atoms with van der Waals surface area (Å²) >= 11 is 0. The molecule has 0 radical (unpaired) electrons. The third-order valence-corrected chi connectivity index (χ3v) is 11.7. The number of hydrogen-bond donors (Lipinski definition) is 1. The zero-order valence-corrected chi connectivity index (χ0v) is 33.2. The molecular formula is C38H81N7O. The predicted molar refractivity (Wildman–Crippen MR) is 200 cm³/mol.